The maximum atomic E-state index is 12.1. The monoisotopic (exact) mass is 393 g/mol. The number of carbonyl (C=O) groups is 1. The van der Waals surface area contributed by atoms with Crippen LogP contribution in [0.3, 0.4) is 0 Å². The fraction of sp³-hybridized carbons (Fsp3) is 0.444. The summed E-state index contributed by atoms with van der Waals surface area (Å²) in [5.74, 6) is 0.470. The number of anilines is 1. The molecule has 1 amide bonds. The molecule has 0 radical (unpaired) electrons. The average molecular weight is 394 g/mol. The quantitative estimate of drug-likeness (QED) is 0.757. The second kappa shape index (κ2) is 8.28. The Kier molecular flexibility index (Phi) is 6.05. The van der Waals surface area contributed by atoms with Gasteiger partial charge in [-0.05, 0) is 37.3 Å². The first-order valence-corrected chi connectivity index (χ1v) is 11.1. The number of thiazole rings is 1. The van der Waals surface area contributed by atoms with Gasteiger partial charge in [0.2, 0.25) is 15.9 Å². The molecule has 8 heteroatoms. The van der Waals surface area contributed by atoms with Crippen LogP contribution in [0.4, 0.5) is 5.13 Å². The molecular formula is C18H23N3O3S2. The zero-order valence-corrected chi connectivity index (χ0v) is 16.3. The topological polar surface area (TPSA) is 88.2 Å². The first kappa shape index (κ1) is 19.0. The van der Waals surface area contributed by atoms with Crippen molar-refractivity contribution in [3.8, 4) is 0 Å². The number of amides is 1. The van der Waals surface area contributed by atoms with E-state index in [9.17, 15) is 13.2 Å². The summed E-state index contributed by atoms with van der Waals surface area (Å²) < 4.78 is 26.7. The Bertz CT molecular complexity index is 863. The highest BCUT2D eigenvalue weighted by Crippen LogP contribution is 2.33. The molecule has 1 aliphatic carbocycles. The summed E-state index contributed by atoms with van der Waals surface area (Å²) in [5, 5.41) is 3.41. The Hall–Kier alpha value is -1.77. The van der Waals surface area contributed by atoms with Crippen molar-refractivity contribution in [2.45, 2.75) is 43.9 Å². The lowest BCUT2D eigenvalue weighted by Crippen LogP contribution is -2.27. The lowest BCUT2D eigenvalue weighted by Gasteiger charge is -2.18. The molecule has 2 aromatic rings. The molecule has 1 aromatic heterocycles. The zero-order valence-electron chi connectivity index (χ0n) is 14.7. The third kappa shape index (κ3) is 4.69. The number of benzene rings is 1. The number of sulfonamides is 1. The largest absolute Gasteiger partial charge is 0.302 e. The van der Waals surface area contributed by atoms with Crippen molar-refractivity contribution in [2.75, 3.05) is 11.9 Å². The standard InChI is InChI=1S/C18H23N3O3S2/c1-2-13-8-9-15-16(12-13)25-18(20-15)21-17(22)10-11-19-26(23,24)14-6-4-3-5-7-14/h3-7,13,19H,2,8-12H2,1H3,(H,20,21,22). The van der Waals surface area contributed by atoms with E-state index in [4.69, 9.17) is 0 Å². The Morgan fingerprint density at radius 1 is 1.31 bits per heavy atom. The summed E-state index contributed by atoms with van der Waals surface area (Å²) in [7, 11) is -3.58. The minimum absolute atomic E-state index is 0.0477. The second-order valence-corrected chi connectivity index (χ2v) is 9.27. The zero-order chi connectivity index (χ0) is 18.6. The maximum Gasteiger partial charge on any atom is 0.240 e. The van der Waals surface area contributed by atoms with Gasteiger partial charge in [-0.2, -0.15) is 0 Å². The predicted octanol–water partition coefficient (Wildman–Crippen LogP) is 2.97. The minimum Gasteiger partial charge on any atom is -0.302 e. The van der Waals surface area contributed by atoms with Crippen molar-refractivity contribution in [1.29, 1.82) is 0 Å². The number of aryl methyl sites for hydroxylation is 1. The van der Waals surface area contributed by atoms with Crippen LogP contribution >= 0.6 is 11.3 Å². The van der Waals surface area contributed by atoms with Gasteiger partial charge in [-0.25, -0.2) is 18.1 Å². The van der Waals surface area contributed by atoms with Crippen LogP contribution in [-0.4, -0.2) is 25.9 Å². The Balaban J connectivity index is 1.50. The molecule has 0 aliphatic heterocycles. The first-order valence-electron chi connectivity index (χ1n) is 8.81. The summed E-state index contributed by atoms with van der Waals surface area (Å²) >= 11 is 1.54. The molecule has 2 N–H and O–H groups in total. The molecule has 26 heavy (non-hydrogen) atoms. The van der Waals surface area contributed by atoms with E-state index in [-0.39, 0.29) is 23.8 Å². The molecule has 140 valence electrons. The van der Waals surface area contributed by atoms with Crippen LogP contribution in [0.1, 0.15) is 36.8 Å². The van der Waals surface area contributed by atoms with Gasteiger partial charge in [0.05, 0.1) is 10.6 Å². The molecule has 3 rings (SSSR count). The predicted molar refractivity (Wildman–Crippen MR) is 103 cm³/mol. The van der Waals surface area contributed by atoms with Crippen LogP contribution in [0, 0.1) is 5.92 Å². The van der Waals surface area contributed by atoms with Crippen LogP contribution in [0.5, 0.6) is 0 Å². The molecule has 1 aromatic carbocycles. The van der Waals surface area contributed by atoms with Gasteiger partial charge in [-0.1, -0.05) is 31.5 Å². The third-order valence-electron chi connectivity index (χ3n) is 4.56. The van der Waals surface area contributed by atoms with Gasteiger partial charge in [0.25, 0.3) is 0 Å². The number of nitrogens with one attached hydrogen (secondary N) is 2. The van der Waals surface area contributed by atoms with Gasteiger partial charge >= 0.3 is 0 Å². The van der Waals surface area contributed by atoms with Crippen molar-refractivity contribution in [2.24, 2.45) is 5.92 Å². The highest BCUT2D eigenvalue weighted by molar-refractivity contribution is 7.89. The van der Waals surface area contributed by atoms with Crippen molar-refractivity contribution < 1.29 is 13.2 Å². The van der Waals surface area contributed by atoms with Gasteiger partial charge in [-0.3, -0.25) is 4.79 Å². The molecule has 1 aliphatic rings. The van der Waals surface area contributed by atoms with Crippen molar-refractivity contribution in [3.63, 3.8) is 0 Å². The summed E-state index contributed by atoms with van der Waals surface area (Å²) in [5.41, 5.74) is 1.10. The van der Waals surface area contributed by atoms with Crippen LogP contribution in [0.15, 0.2) is 35.2 Å². The second-order valence-electron chi connectivity index (χ2n) is 6.41. The Morgan fingerprint density at radius 3 is 2.81 bits per heavy atom. The molecular weight excluding hydrogens is 370 g/mol. The lowest BCUT2D eigenvalue weighted by molar-refractivity contribution is -0.116. The molecule has 6 nitrogen and oxygen atoms in total. The van der Waals surface area contributed by atoms with Crippen molar-refractivity contribution in [3.05, 3.63) is 40.9 Å². The van der Waals surface area contributed by atoms with E-state index in [1.807, 2.05) is 0 Å². The van der Waals surface area contributed by atoms with Gasteiger partial charge in [-0.15, -0.1) is 11.3 Å². The SMILES string of the molecule is CCC1CCc2nc(NC(=O)CCNS(=O)(=O)c3ccccc3)sc2C1. The van der Waals surface area contributed by atoms with Crippen LogP contribution in [-0.2, 0) is 27.7 Å². The lowest BCUT2D eigenvalue weighted by atomic mass is 9.89. The highest BCUT2D eigenvalue weighted by atomic mass is 32.2. The van der Waals surface area contributed by atoms with Crippen molar-refractivity contribution >= 4 is 32.4 Å². The van der Waals surface area contributed by atoms with E-state index < -0.39 is 10.0 Å². The summed E-state index contributed by atoms with van der Waals surface area (Å²) in [6.45, 7) is 2.25. The van der Waals surface area contributed by atoms with Gasteiger partial charge in [0.15, 0.2) is 5.13 Å². The third-order valence-corrected chi connectivity index (χ3v) is 7.08. The first-order chi connectivity index (χ1) is 12.5. The van der Waals surface area contributed by atoms with Gasteiger partial charge < -0.3 is 5.32 Å². The number of nitrogens with zero attached hydrogens (tertiary/aromatic N) is 1. The summed E-state index contributed by atoms with van der Waals surface area (Å²) in [6.07, 6.45) is 4.39. The molecule has 0 saturated heterocycles. The Labute approximate surface area is 158 Å². The normalized spacial score (nSPS) is 16.9. The molecule has 0 spiro atoms. The number of hydrogen-bond donors (Lipinski definition) is 2. The number of carbonyl (C=O) groups excluding carboxylic acids is 1. The van der Waals surface area contributed by atoms with E-state index in [0.717, 1.165) is 25.0 Å². The average Bonchev–Trinajstić information content (AvgIpc) is 3.03. The molecule has 0 bridgehead atoms. The smallest absolute Gasteiger partial charge is 0.240 e. The fourth-order valence-electron chi connectivity index (χ4n) is 3.01. The maximum absolute atomic E-state index is 12.1. The van der Waals surface area contributed by atoms with E-state index in [2.05, 4.69) is 21.9 Å². The van der Waals surface area contributed by atoms with Crippen LogP contribution < -0.4 is 10.0 Å². The summed E-state index contributed by atoms with van der Waals surface area (Å²) in [4.78, 5) is 18.1. The van der Waals surface area contributed by atoms with Crippen molar-refractivity contribution in [1.82, 2.24) is 9.71 Å². The van der Waals surface area contributed by atoms with Crippen LogP contribution in [0.2, 0.25) is 0 Å². The van der Waals surface area contributed by atoms with Crippen LogP contribution in [0.25, 0.3) is 0 Å². The van der Waals surface area contributed by atoms with E-state index in [0.29, 0.717) is 11.0 Å². The number of fused-ring (bicyclic) bond motifs is 1. The fourth-order valence-corrected chi connectivity index (χ4v) is 5.20. The van der Waals surface area contributed by atoms with E-state index in [1.54, 1.807) is 18.2 Å². The molecule has 1 unspecified atom stereocenters. The Morgan fingerprint density at radius 2 is 2.08 bits per heavy atom. The minimum atomic E-state index is -3.58. The number of aromatic nitrogens is 1. The van der Waals surface area contributed by atoms with E-state index in [1.165, 1.54) is 34.8 Å². The highest BCUT2D eigenvalue weighted by Gasteiger charge is 2.22. The molecule has 1 heterocycles. The number of hydrogen-bond acceptors (Lipinski definition) is 5. The molecule has 0 saturated carbocycles. The van der Waals surface area contributed by atoms with E-state index >= 15 is 0 Å². The summed E-state index contributed by atoms with van der Waals surface area (Å²) in [6, 6.07) is 8.12. The van der Waals surface area contributed by atoms with Gasteiger partial charge in [0, 0.05) is 17.8 Å². The molecule has 0 fully saturated rings. The molecule has 1 atom stereocenters. The van der Waals surface area contributed by atoms with Gasteiger partial charge in [0.1, 0.15) is 0 Å². The number of rotatable bonds is 7.